The van der Waals surface area contributed by atoms with Gasteiger partial charge in [-0.05, 0) is 55.9 Å². The van der Waals surface area contributed by atoms with E-state index in [1.165, 1.54) is 28.6 Å². The molecule has 0 aliphatic carbocycles. The zero-order valence-electron chi connectivity index (χ0n) is 15.1. The number of rotatable bonds is 3. The SMILES string of the molecule is CC1CCN(C(=O)[C@@H]2CCCN(S(=O)(=O)c3ccc(C#N)cc3)C2)CC1. The Morgan fingerprint density at radius 2 is 1.77 bits per heavy atom. The lowest BCUT2D eigenvalue weighted by Crippen LogP contribution is -2.48. The molecule has 0 N–H and O–H groups in total. The number of amides is 1. The van der Waals surface area contributed by atoms with Gasteiger partial charge in [-0.2, -0.15) is 9.57 Å². The maximum Gasteiger partial charge on any atom is 0.243 e. The van der Waals surface area contributed by atoms with Gasteiger partial charge in [-0.1, -0.05) is 6.92 Å². The van der Waals surface area contributed by atoms with E-state index in [9.17, 15) is 13.2 Å². The Kier molecular flexibility index (Phi) is 5.64. The predicted molar refractivity (Wildman–Crippen MR) is 97.6 cm³/mol. The molecule has 0 unspecified atom stereocenters. The van der Waals surface area contributed by atoms with Gasteiger partial charge in [-0.3, -0.25) is 4.79 Å². The Hall–Kier alpha value is -1.91. The lowest BCUT2D eigenvalue weighted by atomic mass is 9.94. The molecular weight excluding hydrogens is 350 g/mol. The number of carbonyl (C=O) groups excluding carboxylic acids is 1. The number of piperidine rings is 2. The van der Waals surface area contributed by atoms with Crippen LogP contribution in [0.3, 0.4) is 0 Å². The van der Waals surface area contributed by atoms with Gasteiger partial charge in [0.25, 0.3) is 0 Å². The molecule has 26 heavy (non-hydrogen) atoms. The molecule has 1 aromatic rings. The van der Waals surface area contributed by atoms with E-state index in [1.54, 1.807) is 0 Å². The second-order valence-electron chi connectivity index (χ2n) is 7.35. The second kappa shape index (κ2) is 7.77. The van der Waals surface area contributed by atoms with Crippen LogP contribution in [0.25, 0.3) is 0 Å². The van der Waals surface area contributed by atoms with Crippen molar-refractivity contribution in [3.63, 3.8) is 0 Å². The molecule has 2 saturated heterocycles. The van der Waals surface area contributed by atoms with Crippen LogP contribution >= 0.6 is 0 Å². The van der Waals surface area contributed by atoms with Crippen molar-refractivity contribution < 1.29 is 13.2 Å². The highest BCUT2D eigenvalue weighted by Crippen LogP contribution is 2.26. The van der Waals surface area contributed by atoms with Gasteiger partial charge in [-0.25, -0.2) is 8.42 Å². The first-order chi connectivity index (χ1) is 12.4. The number of carbonyl (C=O) groups is 1. The first-order valence-electron chi connectivity index (χ1n) is 9.21. The molecule has 2 aliphatic heterocycles. The summed E-state index contributed by atoms with van der Waals surface area (Å²) in [4.78, 5) is 14.9. The van der Waals surface area contributed by atoms with E-state index in [0.717, 1.165) is 32.4 Å². The molecule has 2 fully saturated rings. The first-order valence-corrected chi connectivity index (χ1v) is 10.6. The summed E-state index contributed by atoms with van der Waals surface area (Å²) in [5, 5.41) is 8.86. The quantitative estimate of drug-likeness (QED) is 0.811. The van der Waals surface area contributed by atoms with E-state index < -0.39 is 10.0 Å². The number of hydrogen-bond acceptors (Lipinski definition) is 4. The normalized spacial score (nSPS) is 22.8. The van der Waals surface area contributed by atoms with Gasteiger partial charge < -0.3 is 4.90 Å². The molecular formula is C19H25N3O3S. The van der Waals surface area contributed by atoms with Crippen molar-refractivity contribution in [1.29, 1.82) is 5.26 Å². The third-order valence-corrected chi connectivity index (χ3v) is 7.33. The van der Waals surface area contributed by atoms with Gasteiger partial charge in [0.05, 0.1) is 22.4 Å². The van der Waals surface area contributed by atoms with Crippen LogP contribution in [0.4, 0.5) is 0 Å². The highest BCUT2D eigenvalue weighted by molar-refractivity contribution is 7.89. The molecule has 0 radical (unpaired) electrons. The van der Waals surface area contributed by atoms with Crippen LogP contribution in [-0.4, -0.2) is 49.7 Å². The summed E-state index contributed by atoms with van der Waals surface area (Å²) in [6, 6.07) is 7.93. The van der Waals surface area contributed by atoms with Crippen molar-refractivity contribution in [2.75, 3.05) is 26.2 Å². The Bertz CT molecular complexity index is 790. The summed E-state index contributed by atoms with van der Waals surface area (Å²) < 4.78 is 27.2. The summed E-state index contributed by atoms with van der Waals surface area (Å²) in [6.07, 6.45) is 3.47. The highest BCUT2D eigenvalue weighted by atomic mass is 32.2. The van der Waals surface area contributed by atoms with Crippen LogP contribution in [0.2, 0.25) is 0 Å². The Morgan fingerprint density at radius 1 is 1.12 bits per heavy atom. The van der Waals surface area contributed by atoms with Crippen LogP contribution in [-0.2, 0) is 14.8 Å². The standard InChI is InChI=1S/C19H25N3O3S/c1-15-8-11-21(12-9-15)19(23)17-3-2-10-22(14-17)26(24,25)18-6-4-16(13-20)5-7-18/h4-7,15,17H,2-3,8-12,14H2,1H3/t17-/m1/s1. The third kappa shape index (κ3) is 3.92. The molecule has 1 aromatic carbocycles. The number of benzene rings is 1. The highest BCUT2D eigenvalue weighted by Gasteiger charge is 2.35. The van der Waals surface area contributed by atoms with Crippen LogP contribution < -0.4 is 0 Å². The second-order valence-corrected chi connectivity index (χ2v) is 9.28. The van der Waals surface area contributed by atoms with Gasteiger partial charge >= 0.3 is 0 Å². The fourth-order valence-electron chi connectivity index (χ4n) is 3.70. The Labute approximate surface area is 155 Å². The number of nitriles is 1. The molecule has 2 aliphatic rings. The zero-order valence-corrected chi connectivity index (χ0v) is 15.9. The third-order valence-electron chi connectivity index (χ3n) is 5.45. The van der Waals surface area contributed by atoms with Gasteiger partial charge in [0.1, 0.15) is 0 Å². The molecule has 3 rings (SSSR count). The van der Waals surface area contributed by atoms with Crippen LogP contribution in [0, 0.1) is 23.2 Å². The topological polar surface area (TPSA) is 81.5 Å². The molecule has 7 heteroatoms. The number of nitrogens with zero attached hydrogens (tertiary/aromatic N) is 3. The predicted octanol–water partition coefficient (Wildman–Crippen LogP) is 2.22. The van der Waals surface area contributed by atoms with Gasteiger partial charge in [0, 0.05) is 26.2 Å². The van der Waals surface area contributed by atoms with E-state index in [1.807, 2.05) is 11.0 Å². The molecule has 0 spiro atoms. The molecule has 1 amide bonds. The summed E-state index contributed by atoms with van der Waals surface area (Å²) in [5.41, 5.74) is 0.426. The first kappa shape index (κ1) is 18.9. The van der Waals surface area contributed by atoms with Gasteiger partial charge in [0.2, 0.25) is 15.9 Å². The lowest BCUT2D eigenvalue weighted by Gasteiger charge is -2.36. The van der Waals surface area contributed by atoms with Crippen molar-refractivity contribution in [3.8, 4) is 6.07 Å². The fraction of sp³-hybridized carbons (Fsp3) is 0.579. The average Bonchev–Trinajstić information content (AvgIpc) is 2.68. The molecule has 0 saturated carbocycles. The summed E-state index contributed by atoms with van der Waals surface area (Å²) in [6.45, 7) is 4.43. The lowest BCUT2D eigenvalue weighted by molar-refractivity contribution is -0.138. The summed E-state index contributed by atoms with van der Waals surface area (Å²) >= 11 is 0. The van der Waals surface area contributed by atoms with Crippen molar-refractivity contribution in [2.24, 2.45) is 11.8 Å². The zero-order chi connectivity index (χ0) is 18.7. The van der Waals surface area contributed by atoms with E-state index in [0.29, 0.717) is 24.4 Å². The fourth-order valence-corrected chi connectivity index (χ4v) is 5.22. The number of sulfonamides is 1. The van der Waals surface area contributed by atoms with Crippen molar-refractivity contribution in [2.45, 2.75) is 37.5 Å². The number of likely N-dealkylation sites (tertiary alicyclic amines) is 1. The molecule has 0 aromatic heterocycles. The molecule has 0 bridgehead atoms. The van der Waals surface area contributed by atoms with E-state index >= 15 is 0 Å². The molecule has 6 nitrogen and oxygen atoms in total. The molecule has 1 atom stereocenters. The van der Waals surface area contributed by atoms with Crippen LogP contribution in [0.5, 0.6) is 0 Å². The minimum atomic E-state index is -3.64. The molecule has 140 valence electrons. The van der Waals surface area contributed by atoms with Crippen molar-refractivity contribution in [1.82, 2.24) is 9.21 Å². The van der Waals surface area contributed by atoms with Gasteiger partial charge in [0.15, 0.2) is 0 Å². The Balaban J connectivity index is 1.71. The van der Waals surface area contributed by atoms with Crippen molar-refractivity contribution >= 4 is 15.9 Å². The van der Waals surface area contributed by atoms with Crippen molar-refractivity contribution in [3.05, 3.63) is 29.8 Å². The largest absolute Gasteiger partial charge is 0.342 e. The summed E-state index contributed by atoms with van der Waals surface area (Å²) in [7, 11) is -3.64. The van der Waals surface area contributed by atoms with Crippen LogP contribution in [0.1, 0.15) is 38.2 Å². The monoisotopic (exact) mass is 375 g/mol. The Morgan fingerprint density at radius 3 is 2.38 bits per heavy atom. The van der Waals surface area contributed by atoms with E-state index in [4.69, 9.17) is 5.26 Å². The van der Waals surface area contributed by atoms with E-state index in [-0.39, 0.29) is 23.3 Å². The maximum absolute atomic E-state index is 12.9. The smallest absolute Gasteiger partial charge is 0.243 e. The van der Waals surface area contributed by atoms with Gasteiger partial charge in [-0.15, -0.1) is 0 Å². The number of hydrogen-bond donors (Lipinski definition) is 0. The molecule has 2 heterocycles. The van der Waals surface area contributed by atoms with E-state index in [2.05, 4.69) is 6.92 Å². The minimum Gasteiger partial charge on any atom is -0.342 e. The minimum absolute atomic E-state index is 0.0941. The van der Waals surface area contributed by atoms with Crippen LogP contribution in [0.15, 0.2) is 29.2 Å². The maximum atomic E-state index is 12.9. The average molecular weight is 375 g/mol. The summed E-state index contributed by atoms with van der Waals surface area (Å²) in [5.74, 6) is 0.487.